The minimum absolute atomic E-state index is 0.0251. The van der Waals surface area contributed by atoms with Gasteiger partial charge in [0, 0.05) is 31.9 Å². The van der Waals surface area contributed by atoms with E-state index in [1.165, 1.54) is 6.42 Å². The summed E-state index contributed by atoms with van der Waals surface area (Å²) in [5.41, 5.74) is 6.82. The van der Waals surface area contributed by atoms with Crippen LogP contribution < -0.4 is 5.73 Å². The normalized spacial score (nSPS) is 22.6. The second kappa shape index (κ2) is 5.52. The van der Waals surface area contributed by atoms with Gasteiger partial charge in [-0.3, -0.25) is 9.48 Å². The van der Waals surface area contributed by atoms with Crippen LogP contribution in [0.2, 0.25) is 0 Å². The molecule has 1 saturated heterocycles. The fraction of sp³-hybridized carbons (Fsp3) is 0.692. The summed E-state index contributed by atoms with van der Waals surface area (Å²) in [6.45, 7) is 3.90. The molecule has 0 bridgehead atoms. The molecule has 2 rings (SSSR count). The highest BCUT2D eigenvalue weighted by atomic mass is 16.2. The molecule has 2 unspecified atom stereocenters. The smallest absolute Gasteiger partial charge is 0.244 e. The van der Waals surface area contributed by atoms with Gasteiger partial charge in [-0.25, -0.2) is 0 Å². The van der Waals surface area contributed by atoms with Crippen LogP contribution in [0.5, 0.6) is 0 Å². The van der Waals surface area contributed by atoms with E-state index in [0.29, 0.717) is 5.92 Å². The lowest BCUT2D eigenvalue weighted by atomic mass is 10.0. The minimum Gasteiger partial charge on any atom is -0.341 e. The molecule has 1 aliphatic rings. The van der Waals surface area contributed by atoms with Gasteiger partial charge >= 0.3 is 0 Å². The first-order valence-electron chi connectivity index (χ1n) is 6.61. The summed E-state index contributed by atoms with van der Waals surface area (Å²) in [7, 11) is 1.83. The Morgan fingerprint density at radius 1 is 1.50 bits per heavy atom. The zero-order valence-corrected chi connectivity index (χ0v) is 11.2. The van der Waals surface area contributed by atoms with Crippen LogP contribution in [0.15, 0.2) is 12.4 Å². The molecule has 0 saturated carbocycles. The number of aromatic nitrogens is 2. The van der Waals surface area contributed by atoms with Crippen LogP contribution in [0.3, 0.4) is 0 Å². The van der Waals surface area contributed by atoms with E-state index in [4.69, 9.17) is 5.73 Å². The maximum atomic E-state index is 12.3. The molecule has 0 spiro atoms. The van der Waals surface area contributed by atoms with E-state index < -0.39 is 6.04 Å². The van der Waals surface area contributed by atoms with Crippen molar-refractivity contribution in [1.82, 2.24) is 14.7 Å². The third kappa shape index (κ3) is 2.90. The van der Waals surface area contributed by atoms with Gasteiger partial charge < -0.3 is 10.6 Å². The maximum absolute atomic E-state index is 12.3. The van der Waals surface area contributed by atoms with E-state index in [0.717, 1.165) is 31.5 Å². The van der Waals surface area contributed by atoms with Crippen LogP contribution in [-0.4, -0.2) is 33.7 Å². The summed E-state index contributed by atoms with van der Waals surface area (Å²) in [5.74, 6) is 0.731. The lowest BCUT2D eigenvalue weighted by Gasteiger charge is -2.23. The van der Waals surface area contributed by atoms with Crippen LogP contribution in [0.1, 0.15) is 37.8 Å². The summed E-state index contributed by atoms with van der Waals surface area (Å²) < 4.78 is 1.67. The number of carbonyl (C=O) groups is 1. The van der Waals surface area contributed by atoms with Crippen molar-refractivity contribution in [2.75, 3.05) is 13.1 Å². The van der Waals surface area contributed by atoms with Crippen LogP contribution in [0.25, 0.3) is 0 Å². The van der Waals surface area contributed by atoms with Gasteiger partial charge in [-0.1, -0.05) is 6.92 Å². The number of carbonyl (C=O) groups excluding carboxylic acids is 1. The van der Waals surface area contributed by atoms with Crippen LogP contribution in [0, 0.1) is 5.92 Å². The lowest BCUT2D eigenvalue weighted by molar-refractivity contribution is -0.132. The molecule has 0 aliphatic carbocycles. The third-order valence-corrected chi connectivity index (χ3v) is 3.68. The molecule has 2 N–H and O–H groups in total. The highest BCUT2D eigenvalue weighted by molar-refractivity contribution is 5.82. The molecule has 0 aromatic carbocycles. The fourth-order valence-corrected chi connectivity index (χ4v) is 2.42. The molecule has 1 aliphatic heterocycles. The number of rotatable bonds is 2. The zero-order chi connectivity index (χ0) is 13.1. The molecule has 0 radical (unpaired) electrons. The second-order valence-electron chi connectivity index (χ2n) is 5.29. The van der Waals surface area contributed by atoms with E-state index in [2.05, 4.69) is 12.0 Å². The quantitative estimate of drug-likeness (QED) is 0.854. The van der Waals surface area contributed by atoms with Crippen molar-refractivity contribution in [2.24, 2.45) is 18.7 Å². The minimum atomic E-state index is -0.577. The van der Waals surface area contributed by atoms with Crippen molar-refractivity contribution in [2.45, 2.75) is 32.2 Å². The third-order valence-electron chi connectivity index (χ3n) is 3.68. The Morgan fingerprint density at radius 3 is 2.94 bits per heavy atom. The van der Waals surface area contributed by atoms with Gasteiger partial charge in [0.1, 0.15) is 6.04 Å². The predicted octanol–water partition coefficient (Wildman–Crippen LogP) is 1.07. The summed E-state index contributed by atoms with van der Waals surface area (Å²) in [5, 5.41) is 4.06. The van der Waals surface area contributed by atoms with Crippen molar-refractivity contribution < 1.29 is 4.79 Å². The summed E-state index contributed by atoms with van der Waals surface area (Å²) in [6.07, 6.45) is 6.83. The zero-order valence-electron chi connectivity index (χ0n) is 11.2. The Bertz CT molecular complexity index is 415. The average molecular weight is 250 g/mol. The molecule has 1 fully saturated rings. The van der Waals surface area contributed by atoms with Crippen molar-refractivity contribution in [3.05, 3.63) is 18.0 Å². The number of likely N-dealkylation sites (tertiary alicyclic amines) is 1. The highest BCUT2D eigenvalue weighted by Gasteiger charge is 2.25. The molecular formula is C13H22N4O. The van der Waals surface area contributed by atoms with Gasteiger partial charge in [0.05, 0.1) is 6.20 Å². The molecule has 18 heavy (non-hydrogen) atoms. The molecule has 1 aromatic heterocycles. The number of amides is 1. The number of hydrogen-bond acceptors (Lipinski definition) is 3. The SMILES string of the molecule is CC1CCCN(C(=O)C(N)c2cnn(C)c2)CC1. The van der Waals surface area contributed by atoms with Crippen LogP contribution in [0.4, 0.5) is 0 Å². The predicted molar refractivity (Wildman–Crippen MR) is 69.7 cm³/mol. The van der Waals surface area contributed by atoms with Crippen molar-refractivity contribution >= 4 is 5.91 Å². The lowest BCUT2D eigenvalue weighted by Crippen LogP contribution is -2.39. The second-order valence-corrected chi connectivity index (χ2v) is 5.29. The monoisotopic (exact) mass is 250 g/mol. The number of aryl methyl sites for hydroxylation is 1. The molecular weight excluding hydrogens is 228 g/mol. The highest BCUT2D eigenvalue weighted by Crippen LogP contribution is 2.19. The van der Waals surface area contributed by atoms with E-state index in [9.17, 15) is 4.79 Å². The maximum Gasteiger partial charge on any atom is 0.244 e. The first-order valence-corrected chi connectivity index (χ1v) is 6.61. The van der Waals surface area contributed by atoms with Gasteiger partial charge in [-0.2, -0.15) is 5.10 Å². The van der Waals surface area contributed by atoms with E-state index in [1.54, 1.807) is 10.9 Å². The molecule has 100 valence electrons. The van der Waals surface area contributed by atoms with Crippen LogP contribution >= 0.6 is 0 Å². The average Bonchev–Trinajstić information content (AvgIpc) is 2.66. The molecule has 1 aromatic rings. The first-order chi connectivity index (χ1) is 8.58. The van der Waals surface area contributed by atoms with Gasteiger partial charge in [0.15, 0.2) is 0 Å². The standard InChI is InChI=1S/C13H22N4O/c1-10-4-3-6-17(7-5-10)13(18)12(14)11-8-15-16(2)9-11/h8-10,12H,3-7,14H2,1-2H3. The summed E-state index contributed by atoms with van der Waals surface area (Å²) in [6, 6.07) is -0.577. The number of nitrogens with zero attached hydrogens (tertiary/aromatic N) is 3. The Hall–Kier alpha value is -1.36. The van der Waals surface area contributed by atoms with Gasteiger partial charge in [0.2, 0.25) is 5.91 Å². The van der Waals surface area contributed by atoms with Crippen LogP contribution in [-0.2, 0) is 11.8 Å². The van der Waals surface area contributed by atoms with E-state index >= 15 is 0 Å². The Kier molecular flexibility index (Phi) is 4.01. The van der Waals surface area contributed by atoms with Gasteiger partial charge in [-0.05, 0) is 25.2 Å². The van der Waals surface area contributed by atoms with E-state index in [-0.39, 0.29) is 5.91 Å². The number of nitrogens with two attached hydrogens (primary N) is 1. The topological polar surface area (TPSA) is 64.2 Å². The van der Waals surface area contributed by atoms with Gasteiger partial charge in [-0.15, -0.1) is 0 Å². The van der Waals surface area contributed by atoms with Crippen molar-refractivity contribution in [3.63, 3.8) is 0 Å². The Morgan fingerprint density at radius 2 is 2.28 bits per heavy atom. The summed E-state index contributed by atoms with van der Waals surface area (Å²) in [4.78, 5) is 14.2. The van der Waals surface area contributed by atoms with E-state index in [1.807, 2.05) is 18.1 Å². The fourth-order valence-electron chi connectivity index (χ4n) is 2.42. The first kappa shape index (κ1) is 13.1. The largest absolute Gasteiger partial charge is 0.341 e. The molecule has 5 nitrogen and oxygen atoms in total. The molecule has 5 heteroatoms. The van der Waals surface area contributed by atoms with Gasteiger partial charge in [0.25, 0.3) is 0 Å². The number of hydrogen-bond donors (Lipinski definition) is 1. The molecule has 1 amide bonds. The Balaban J connectivity index is 2.01. The van der Waals surface area contributed by atoms with Crippen molar-refractivity contribution in [3.8, 4) is 0 Å². The molecule has 2 atom stereocenters. The van der Waals surface area contributed by atoms with Crippen molar-refractivity contribution in [1.29, 1.82) is 0 Å². The Labute approximate surface area is 108 Å². The molecule has 2 heterocycles. The summed E-state index contributed by atoms with van der Waals surface area (Å²) >= 11 is 0.